The van der Waals surface area contributed by atoms with Crippen molar-refractivity contribution in [1.29, 1.82) is 0 Å². The molecular weight excluding hydrogens is 270 g/mol. The third kappa shape index (κ3) is 3.37. The summed E-state index contributed by atoms with van der Waals surface area (Å²) in [5.74, 6) is 0.599. The zero-order valence-corrected chi connectivity index (χ0v) is 12.6. The lowest BCUT2D eigenvalue weighted by Crippen LogP contribution is -2.51. The first-order chi connectivity index (χ1) is 10.2. The quantitative estimate of drug-likeness (QED) is 0.749. The first kappa shape index (κ1) is 14.8. The number of hydrogen-bond donors (Lipinski definition) is 2. The highest BCUT2D eigenvalue weighted by molar-refractivity contribution is 5.81. The molecule has 2 heterocycles. The van der Waals surface area contributed by atoms with E-state index < -0.39 is 0 Å². The van der Waals surface area contributed by atoms with E-state index in [-0.39, 0.29) is 35.7 Å². The molecule has 1 saturated carbocycles. The molecular formula is C15H25N3O3. The summed E-state index contributed by atoms with van der Waals surface area (Å²) in [5.41, 5.74) is 0. The Morgan fingerprint density at radius 3 is 2.43 bits per heavy atom. The summed E-state index contributed by atoms with van der Waals surface area (Å²) in [6, 6.07) is 0.367. The first-order valence-electron chi connectivity index (χ1n) is 8.03. The van der Waals surface area contributed by atoms with Crippen molar-refractivity contribution in [3.8, 4) is 0 Å². The molecule has 2 N–H and O–H groups in total. The fraction of sp³-hybridized carbons (Fsp3) is 0.867. The minimum absolute atomic E-state index is 0.0624. The van der Waals surface area contributed by atoms with Crippen LogP contribution in [-0.2, 0) is 14.3 Å². The van der Waals surface area contributed by atoms with Gasteiger partial charge in [-0.2, -0.15) is 0 Å². The van der Waals surface area contributed by atoms with Crippen LogP contribution in [-0.4, -0.2) is 62.1 Å². The van der Waals surface area contributed by atoms with Crippen molar-refractivity contribution in [1.82, 2.24) is 15.5 Å². The van der Waals surface area contributed by atoms with E-state index in [1.165, 1.54) is 0 Å². The topological polar surface area (TPSA) is 70.7 Å². The molecule has 21 heavy (non-hydrogen) atoms. The molecule has 0 aromatic heterocycles. The standard InChI is InChI=1S/C15H25N3O3/c1-16-13-9-21-8-12(13)15(20)18-6-4-11(5-7-18)17-14(19)10-2-3-10/h10-13,16H,2-9H2,1H3,(H,17,19). The number of hydrogen-bond acceptors (Lipinski definition) is 4. The number of likely N-dealkylation sites (N-methyl/N-ethyl adjacent to an activating group) is 1. The number of carbonyl (C=O) groups excluding carboxylic acids is 2. The predicted octanol–water partition coefficient (Wildman–Crippen LogP) is -0.262. The number of rotatable bonds is 4. The van der Waals surface area contributed by atoms with Crippen LogP contribution in [0.3, 0.4) is 0 Å². The summed E-state index contributed by atoms with van der Waals surface area (Å²) < 4.78 is 5.41. The van der Waals surface area contributed by atoms with Gasteiger partial charge in [0.15, 0.2) is 0 Å². The van der Waals surface area contributed by atoms with E-state index in [1.54, 1.807) is 0 Å². The molecule has 2 atom stereocenters. The molecule has 6 heteroatoms. The Balaban J connectivity index is 1.46. The SMILES string of the molecule is CNC1COCC1C(=O)N1CCC(NC(=O)C2CC2)CC1. The van der Waals surface area contributed by atoms with Crippen LogP contribution in [0, 0.1) is 11.8 Å². The average molecular weight is 295 g/mol. The lowest BCUT2D eigenvalue weighted by Gasteiger charge is -2.34. The molecule has 2 unspecified atom stereocenters. The van der Waals surface area contributed by atoms with E-state index in [9.17, 15) is 9.59 Å². The smallest absolute Gasteiger partial charge is 0.229 e. The average Bonchev–Trinajstić information content (AvgIpc) is 3.25. The zero-order chi connectivity index (χ0) is 14.8. The normalized spacial score (nSPS) is 30.4. The highest BCUT2D eigenvalue weighted by Crippen LogP contribution is 2.29. The lowest BCUT2D eigenvalue weighted by atomic mass is 9.98. The van der Waals surface area contributed by atoms with Crippen LogP contribution < -0.4 is 10.6 Å². The molecule has 3 fully saturated rings. The number of nitrogens with one attached hydrogen (secondary N) is 2. The first-order valence-corrected chi connectivity index (χ1v) is 8.03. The Morgan fingerprint density at radius 2 is 1.81 bits per heavy atom. The number of amides is 2. The Labute approximate surface area is 125 Å². The Morgan fingerprint density at radius 1 is 1.10 bits per heavy atom. The minimum atomic E-state index is -0.0624. The van der Waals surface area contributed by atoms with Crippen molar-refractivity contribution >= 4 is 11.8 Å². The Hall–Kier alpha value is -1.14. The second kappa shape index (κ2) is 6.32. The van der Waals surface area contributed by atoms with Crippen LogP contribution in [0.4, 0.5) is 0 Å². The molecule has 2 amide bonds. The van der Waals surface area contributed by atoms with Gasteiger partial charge in [-0.05, 0) is 32.7 Å². The molecule has 0 radical (unpaired) electrons. The third-order valence-corrected chi connectivity index (χ3v) is 4.87. The summed E-state index contributed by atoms with van der Waals surface area (Å²) in [4.78, 5) is 26.2. The summed E-state index contributed by atoms with van der Waals surface area (Å²) in [6.45, 7) is 2.60. The number of nitrogens with zero attached hydrogens (tertiary/aromatic N) is 1. The maximum atomic E-state index is 12.5. The summed E-state index contributed by atoms with van der Waals surface area (Å²) in [7, 11) is 1.87. The number of likely N-dealkylation sites (tertiary alicyclic amines) is 1. The van der Waals surface area contributed by atoms with Gasteiger partial charge in [-0.3, -0.25) is 9.59 Å². The summed E-state index contributed by atoms with van der Waals surface area (Å²) >= 11 is 0. The van der Waals surface area contributed by atoms with Crippen molar-refractivity contribution in [2.75, 3.05) is 33.4 Å². The summed E-state index contributed by atoms with van der Waals surface area (Å²) in [6.07, 6.45) is 3.80. The van der Waals surface area contributed by atoms with Gasteiger partial charge in [0, 0.05) is 31.1 Å². The van der Waals surface area contributed by atoms with Gasteiger partial charge in [-0.1, -0.05) is 0 Å². The van der Waals surface area contributed by atoms with Gasteiger partial charge in [-0.15, -0.1) is 0 Å². The van der Waals surface area contributed by atoms with Crippen molar-refractivity contribution in [3.63, 3.8) is 0 Å². The lowest BCUT2D eigenvalue weighted by molar-refractivity contribution is -0.137. The summed E-state index contributed by atoms with van der Waals surface area (Å²) in [5, 5.41) is 6.27. The molecule has 2 saturated heterocycles. The second-order valence-corrected chi connectivity index (χ2v) is 6.42. The molecule has 1 aliphatic carbocycles. The van der Waals surface area contributed by atoms with Crippen LogP contribution in [0.5, 0.6) is 0 Å². The second-order valence-electron chi connectivity index (χ2n) is 6.42. The van der Waals surface area contributed by atoms with E-state index >= 15 is 0 Å². The highest BCUT2D eigenvalue weighted by Gasteiger charge is 2.37. The molecule has 3 aliphatic rings. The number of piperidine rings is 1. The van der Waals surface area contributed by atoms with Crippen molar-refractivity contribution in [2.24, 2.45) is 11.8 Å². The molecule has 0 spiro atoms. The van der Waals surface area contributed by atoms with Gasteiger partial charge >= 0.3 is 0 Å². The van der Waals surface area contributed by atoms with Crippen LogP contribution in [0.2, 0.25) is 0 Å². The maximum absolute atomic E-state index is 12.5. The van der Waals surface area contributed by atoms with Crippen LogP contribution >= 0.6 is 0 Å². The molecule has 3 rings (SSSR count). The molecule has 0 aromatic carbocycles. The molecule has 118 valence electrons. The molecule has 6 nitrogen and oxygen atoms in total. The predicted molar refractivity (Wildman–Crippen MR) is 77.6 cm³/mol. The fourth-order valence-corrected chi connectivity index (χ4v) is 3.23. The van der Waals surface area contributed by atoms with E-state index in [2.05, 4.69) is 10.6 Å². The number of ether oxygens (including phenoxy) is 1. The van der Waals surface area contributed by atoms with E-state index in [4.69, 9.17) is 4.74 Å². The fourth-order valence-electron chi connectivity index (χ4n) is 3.23. The van der Waals surface area contributed by atoms with Crippen LogP contribution in [0.25, 0.3) is 0 Å². The van der Waals surface area contributed by atoms with Crippen molar-refractivity contribution < 1.29 is 14.3 Å². The van der Waals surface area contributed by atoms with Crippen LogP contribution in [0.15, 0.2) is 0 Å². The molecule has 2 aliphatic heterocycles. The van der Waals surface area contributed by atoms with Gasteiger partial charge in [0.05, 0.1) is 19.1 Å². The van der Waals surface area contributed by atoms with Crippen LogP contribution in [0.1, 0.15) is 25.7 Å². The van der Waals surface area contributed by atoms with Gasteiger partial charge in [0.2, 0.25) is 11.8 Å². The van der Waals surface area contributed by atoms with Crippen molar-refractivity contribution in [3.05, 3.63) is 0 Å². The van der Waals surface area contributed by atoms with E-state index in [0.717, 1.165) is 38.8 Å². The Bertz CT molecular complexity index is 403. The maximum Gasteiger partial charge on any atom is 0.229 e. The Kier molecular flexibility index (Phi) is 4.45. The van der Waals surface area contributed by atoms with E-state index in [1.807, 2.05) is 11.9 Å². The zero-order valence-electron chi connectivity index (χ0n) is 12.6. The molecule has 0 aromatic rings. The van der Waals surface area contributed by atoms with Gasteiger partial charge in [-0.25, -0.2) is 0 Å². The van der Waals surface area contributed by atoms with E-state index in [0.29, 0.717) is 13.2 Å². The van der Waals surface area contributed by atoms with Gasteiger partial charge in [0.1, 0.15) is 0 Å². The number of carbonyl (C=O) groups is 2. The molecule has 0 bridgehead atoms. The third-order valence-electron chi connectivity index (χ3n) is 4.87. The van der Waals surface area contributed by atoms with Gasteiger partial charge < -0.3 is 20.3 Å². The van der Waals surface area contributed by atoms with Gasteiger partial charge in [0.25, 0.3) is 0 Å². The largest absolute Gasteiger partial charge is 0.379 e. The van der Waals surface area contributed by atoms with Crippen molar-refractivity contribution in [2.45, 2.75) is 37.8 Å². The monoisotopic (exact) mass is 295 g/mol. The highest BCUT2D eigenvalue weighted by atomic mass is 16.5. The minimum Gasteiger partial charge on any atom is -0.379 e.